The largest absolute Gasteiger partial charge is 0.488 e. The fraction of sp³-hybridized carbons (Fsp3) is 0.273. The highest BCUT2D eigenvalue weighted by atomic mass is 16.5. The lowest BCUT2D eigenvalue weighted by molar-refractivity contribution is -0.135. The molecule has 1 atom stereocenters. The van der Waals surface area contributed by atoms with Gasteiger partial charge in [-0.1, -0.05) is 43.3 Å². The van der Waals surface area contributed by atoms with Crippen molar-refractivity contribution in [3.63, 3.8) is 0 Å². The lowest BCUT2D eigenvalue weighted by Gasteiger charge is -2.30. The van der Waals surface area contributed by atoms with Crippen LogP contribution in [0.5, 0.6) is 5.75 Å². The molecule has 0 saturated heterocycles. The SMILES string of the molecule is CCCN(C(=O)C1=Cc2ccccc2OC1)C(C)C(=O)Nc1ccccc1. The van der Waals surface area contributed by atoms with Crippen LogP contribution in [0.3, 0.4) is 0 Å². The number of rotatable bonds is 6. The molecule has 0 aliphatic carbocycles. The minimum atomic E-state index is -0.587. The molecule has 0 spiro atoms. The number of carbonyl (C=O) groups is 2. The number of para-hydroxylation sites is 2. The Morgan fingerprint density at radius 2 is 1.81 bits per heavy atom. The fourth-order valence-corrected chi connectivity index (χ4v) is 3.05. The molecule has 0 saturated carbocycles. The van der Waals surface area contributed by atoms with Crippen LogP contribution in [0.25, 0.3) is 6.08 Å². The molecule has 0 fully saturated rings. The molecule has 5 heteroatoms. The van der Waals surface area contributed by atoms with E-state index in [1.807, 2.05) is 67.6 Å². The number of amides is 2. The van der Waals surface area contributed by atoms with Gasteiger partial charge in [0, 0.05) is 17.8 Å². The Labute approximate surface area is 159 Å². The molecule has 5 nitrogen and oxygen atoms in total. The second-order valence-electron chi connectivity index (χ2n) is 6.53. The molecule has 2 aromatic carbocycles. The first-order valence-electron chi connectivity index (χ1n) is 9.19. The Balaban J connectivity index is 1.77. The summed E-state index contributed by atoms with van der Waals surface area (Å²) in [6.07, 6.45) is 2.62. The minimum absolute atomic E-state index is 0.165. The predicted octanol–water partition coefficient (Wildman–Crippen LogP) is 3.73. The Bertz CT molecular complexity index is 846. The summed E-state index contributed by atoms with van der Waals surface area (Å²) >= 11 is 0. The topological polar surface area (TPSA) is 58.6 Å². The number of nitrogens with zero attached hydrogens (tertiary/aromatic N) is 1. The average Bonchev–Trinajstić information content (AvgIpc) is 2.71. The van der Waals surface area contributed by atoms with Crippen LogP contribution in [0, 0.1) is 0 Å². The third-order valence-electron chi connectivity index (χ3n) is 4.52. The Morgan fingerprint density at radius 1 is 1.11 bits per heavy atom. The Kier molecular flexibility index (Phi) is 5.91. The van der Waals surface area contributed by atoms with Gasteiger partial charge in [-0.2, -0.15) is 0 Å². The smallest absolute Gasteiger partial charge is 0.253 e. The van der Waals surface area contributed by atoms with Gasteiger partial charge < -0.3 is 15.0 Å². The van der Waals surface area contributed by atoms with E-state index >= 15 is 0 Å². The van der Waals surface area contributed by atoms with E-state index in [0.29, 0.717) is 17.8 Å². The molecule has 0 bridgehead atoms. The van der Waals surface area contributed by atoms with Crippen LogP contribution in [0.4, 0.5) is 5.69 Å². The molecule has 140 valence electrons. The van der Waals surface area contributed by atoms with Crippen molar-refractivity contribution >= 4 is 23.6 Å². The summed E-state index contributed by atoms with van der Waals surface area (Å²) in [5, 5.41) is 2.87. The molecule has 3 rings (SSSR count). The van der Waals surface area contributed by atoms with E-state index < -0.39 is 6.04 Å². The highest BCUT2D eigenvalue weighted by Gasteiger charge is 2.29. The van der Waals surface area contributed by atoms with Gasteiger partial charge in [-0.3, -0.25) is 9.59 Å². The van der Waals surface area contributed by atoms with Gasteiger partial charge in [-0.25, -0.2) is 0 Å². The van der Waals surface area contributed by atoms with Gasteiger partial charge in [0.2, 0.25) is 5.91 Å². The van der Waals surface area contributed by atoms with Crippen LogP contribution in [0.2, 0.25) is 0 Å². The molecule has 1 aliphatic heterocycles. The maximum atomic E-state index is 13.1. The molecular formula is C22H24N2O3. The number of hydrogen-bond donors (Lipinski definition) is 1. The third-order valence-corrected chi connectivity index (χ3v) is 4.52. The first-order chi connectivity index (χ1) is 13.1. The number of nitrogens with one attached hydrogen (secondary N) is 1. The lowest BCUT2D eigenvalue weighted by atomic mass is 10.1. The van der Waals surface area contributed by atoms with Crippen LogP contribution in [0.1, 0.15) is 25.8 Å². The maximum Gasteiger partial charge on any atom is 0.253 e. The molecule has 1 heterocycles. The Morgan fingerprint density at radius 3 is 2.56 bits per heavy atom. The number of fused-ring (bicyclic) bond motifs is 1. The third kappa shape index (κ3) is 4.37. The van der Waals surface area contributed by atoms with Gasteiger partial charge in [0.25, 0.3) is 5.91 Å². The molecule has 27 heavy (non-hydrogen) atoms. The number of anilines is 1. The van der Waals surface area contributed by atoms with Gasteiger partial charge in [0.1, 0.15) is 18.4 Å². The van der Waals surface area contributed by atoms with Crippen LogP contribution < -0.4 is 10.1 Å². The van der Waals surface area contributed by atoms with Crippen LogP contribution in [-0.4, -0.2) is 35.9 Å². The number of ether oxygens (including phenoxy) is 1. The van der Waals surface area contributed by atoms with Gasteiger partial charge >= 0.3 is 0 Å². The monoisotopic (exact) mass is 364 g/mol. The zero-order valence-electron chi connectivity index (χ0n) is 15.6. The molecule has 1 unspecified atom stereocenters. The molecule has 1 N–H and O–H groups in total. The summed E-state index contributed by atoms with van der Waals surface area (Å²) < 4.78 is 5.71. The zero-order chi connectivity index (χ0) is 19.2. The minimum Gasteiger partial charge on any atom is -0.488 e. The highest BCUT2D eigenvalue weighted by Crippen LogP contribution is 2.27. The molecule has 1 aliphatic rings. The maximum absolute atomic E-state index is 13.1. The van der Waals surface area contributed by atoms with Crippen molar-refractivity contribution in [2.24, 2.45) is 0 Å². The van der Waals surface area contributed by atoms with E-state index in [1.54, 1.807) is 11.8 Å². The summed E-state index contributed by atoms with van der Waals surface area (Å²) in [5.41, 5.74) is 2.15. The van der Waals surface area contributed by atoms with Crippen molar-refractivity contribution in [2.75, 3.05) is 18.5 Å². The lowest BCUT2D eigenvalue weighted by Crippen LogP contribution is -2.47. The van der Waals surface area contributed by atoms with Crippen LogP contribution in [-0.2, 0) is 9.59 Å². The summed E-state index contributed by atoms with van der Waals surface area (Å²) in [6.45, 7) is 4.46. The van der Waals surface area contributed by atoms with E-state index in [4.69, 9.17) is 4.74 Å². The first kappa shape index (κ1) is 18.7. The van der Waals surface area contributed by atoms with E-state index in [-0.39, 0.29) is 18.4 Å². The fourth-order valence-electron chi connectivity index (χ4n) is 3.05. The standard InChI is InChI=1S/C22H24N2O3/c1-3-13-24(16(2)21(25)23-19-10-5-4-6-11-19)22(26)18-14-17-9-7-8-12-20(17)27-15-18/h4-12,14,16H,3,13,15H2,1-2H3,(H,23,25). The second kappa shape index (κ2) is 8.54. The van der Waals surface area contributed by atoms with Gasteiger partial charge in [0.15, 0.2) is 0 Å². The summed E-state index contributed by atoms with van der Waals surface area (Å²) in [4.78, 5) is 27.4. The van der Waals surface area contributed by atoms with Gasteiger partial charge in [-0.15, -0.1) is 0 Å². The predicted molar refractivity (Wildman–Crippen MR) is 106 cm³/mol. The van der Waals surface area contributed by atoms with Crippen molar-refractivity contribution in [3.05, 3.63) is 65.7 Å². The van der Waals surface area contributed by atoms with Crippen molar-refractivity contribution < 1.29 is 14.3 Å². The number of carbonyl (C=O) groups excluding carboxylic acids is 2. The van der Waals surface area contributed by atoms with Crippen molar-refractivity contribution in [2.45, 2.75) is 26.3 Å². The van der Waals surface area contributed by atoms with Crippen molar-refractivity contribution in [1.29, 1.82) is 0 Å². The van der Waals surface area contributed by atoms with Crippen LogP contribution in [0.15, 0.2) is 60.2 Å². The van der Waals surface area contributed by atoms with Gasteiger partial charge in [0.05, 0.1) is 5.57 Å². The second-order valence-corrected chi connectivity index (χ2v) is 6.53. The van der Waals surface area contributed by atoms with Crippen LogP contribution >= 0.6 is 0 Å². The van der Waals surface area contributed by atoms with Crippen molar-refractivity contribution in [3.8, 4) is 5.75 Å². The van der Waals surface area contributed by atoms with E-state index in [0.717, 1.165) is 17.7 Å². The Hall–Kier alpha value is -3.08. The van der Waals surface area contributed by atoms with E-state index in [1.165, 1.54) is 0 Å². The molecule has 0 radical (unpaired) electrons. The van der Waals surface area contributed by atoms with E-state index in [2.05, 4.69) is 5.32 Å². The normalized spacial score (nSPS) is 13.6. The zero-order valence-corrected chi connectivity index (χ0v) is 15.6. The van der Waals surface area contributed by atoms with Crippen molar-refractivity contribution in [1.82, 2.24) is 4.90 Å². The molecular weight excluding hydrogens is 340 g/mol. The number of hydrogen-bond acceptors (Lipinski definition) is 3. The first-order valence-corrected chi connectivity index (χ1v) is 9.19. The number of benzene rings is 2. The summed E-state index contributed by atoms with van der Waals surface area (Å²) in [7, 11) is 0. The quantitative estimate of drug-likeness (QED) is 0.850. The van der Waals surface area contributed by atoms with Gasteiger partial charge in [-0.05, 0) is 37.6 Å². The summed E-state index contributed by atoms with van der Waals surface area (Å²) in [5.74, 6) is 0.397. The molecule has 2 amide bonds. The van der Waals surface area contributed by atoms with E-state index in [9.17, 15) is 9.59 Å². The average molecular weight is 364 g/mol. The molecule has 0 aromatic heterocycles. The summed E-state index contributed by atoms with van der Waals surface area (Å²) in [6, 6.07) is 16.3. The molecule has 2 aromatic rings. The highest BCUT2D eigenvalue weighted by molar-refractivity contribution is 6.03.